The van der Waals surface area contributed by atoms with Crippen LogP contribution in [0.25, 0.3) is 0 Å². The van der Waals surface area contributed by atoms with Crippen LogP contribution in [0.3, 0.4) is 0 Å². The summed E-state index contributed by atoms with van der Waals surface area (Å²) in [6, 6.07) is 11.2. The van der Waals surface area contributed by atoms with Gasteiger partial charge in [0.15, 0.2) is 5.82 Å². The fraction of sp³-hybridized carbons (Fsp3) is 0.412. The molecule has 5 heteroatoms. The molecule has 2 heterocycles. The van der Waals surface area contributed by atoms with E-state index < -0.39 is 0 Å². The van der Waals surface area contributed by atoms with Crippen LogP contribution in [0.5, 0.6) is 0 Å². The van der Waals surface area contributed by atoms with Gasteiger partial charge in [-0.3, -0.25) is 0 Å². The molecule has 1 fully saturated rings. The van der Waals surface area contributed by atoms with Crippen molar-refractivity contribution in [2.45, 2.75) is 25.9 Å². The first-order valence-corrected chi connectivity index (χ1v) is 7.79. The van der Waals surface area contributed by atoms with Crippen molar-refractivity contribution in [3.63, 3.8) is 0 Å². The molecule has 0 bridgehead atoms. The number of hydrogen-bond donors (Lipinski definition) is 2. The number of likely N-dealkylation sites (N-methyl/N-ethyl adjacent to an activating group) is 1. The number of aryl methyl sites for hydroxylation is 1. The zero-order valence-electron chi connectivity index (χ0n) is 13.2. The van der Waals surface area contributed by atoms with Gasteiger partial charge in [0.2, 0.25) is 0 Å². The lowest BCUT2D eigenvalue weighted by atomic mass is 10.1. The van der Waals surface area contributed by atoms with Crippen molar-refractivity contribution in [3.8, 4) is 0 Å². The molecule has 0 spiro atoms. The Morgan fingerprint density at radius 2 is 2.09 bits per heavy atom. The second-order valence-electron chi connectivity index (χ2n) is 5.86. The zero-order valence-corrected chi connectivity index (χ0v) is 13.2. The summed E-state index contributed by atoms with van der Waals surface area (Å²) in [6.07, 6.45) is 3.01. The van der Waals surface area contributed by atoms with Gasteiger partial charge in [-0.25, -0.2) is 0 Å². The molecule has 1 saturated heterocycles. The van der Waals surface area contributed by atoms with Crippen LogP contribution in [0, 0.1) is 6.92 Å². The molecule has 1 aromatic carbocycles. The number of hydrogen-bond acceptors (Lipinski definition) is 5. The summed E-state index contributed by atoms with van der Waals surface area (Å²) in [5.74, 6) is 0.825. The maximum Gasteiger partial charge on any atom is 0.150 e. The summed E-state index contributed by atoms with van der Waals surface area (Å²) in [6.45, 7) is 4.95. The summed E-state index contributed by atoms with van der Waals surface area (Å²) in [5, 5.41) is 15.0. The quantitative estimate of drug-likeness (QED) is 0.886. The van der Waals surface area contributed by atoms with E-state index in [1.807, 2.05) is 13.2 Å². The number of nitrogens with one attached hydrogen (secondary N) is 2. The molecule has 2 aromatic rings. The Bertz CT molecular complexity index is 611. The van der Waals surface area contributed by atoms with Crippen LogP contribution >= 0.6 is 0 Å². The summed E-state index contributed by atoms with van der Waals surface area (Å²) in [4.78, 5) is 2.35. The highest BCUT2D eigenvalue weighted by Gasteiger charge is 2.21. The maximum atomic E-state index is 4.18. The highest BCUT2D eigenvalue weighted by molar-refractivity contribution is 5.53. The maximum absolute atomic E-state index is 4.18. The molecule has 2 N–H and O–H groups in total. The lowest BCUT2D eigenvalue weighted by molar-refractivity contribution is 0.617. The van der Waals surface area contributed by atoms with E-state index in [2.05, 4.69) is 63.0 Å². The minimum atomic E-state index is 0.567. The molecule has 1 aliphatic heterocycles. The van der Waals surface area contributed by atoms with E-state index in [-0.39, 0.29) is 0 Å². The second kappa shape index (κ2) is 6.75. The summed E-state index contributed by atoms with van der Waals surface area (Å²) >= 11 is 0. The van der Waals surface area contributed by atoms with Gasteiger partial charge in [0, 0.05) is 31.7 Å². The molecule has 1 aromatic heterocycles. The first-order valence-electron chi connectivity index (χ1n) is 7.79. The van der Waals surface area contributed by atoms with Crippen LogP contribution in [0.2, 0.25) is 0 Å². The molecule has 0 amide bonds. The van der Waals surface area contributed by atoms with E-state index >= 15 is 0 Å². The molecular weight excluding hydrogens is 274 g/mol. The normalized spacial score (nSPS) is 17.7. The lowest BCUT2D eigenvalue weighted by Crippen LogP contribution is -2.29. The van der Waals surface area contributed by atoms with E-state index in [0.717, 1.165) is 31.1 Å². The minimum absolute atomic E-state index is 0.567. The molecule has 0 saturated carbocycles. The molecular formula is C17H23N5. The average Bonchev–Trinajstić information content (AvgIpc) is 3.04. The number of benzene rings is 1. The Hall–Kier alpha value is -2.14. The van der Waals surface area contributed by atoms with E-state index in [0.29, 0.717) is 6.04 Å². The van der Waals surface area contributed by atoms with Gasteiger partial charge in [0.25, 0.3) is 0 Å². The molecule has 0 aliphatic carbocycles. The van der Waals surface area contributed by atoms with Gasteiger partial charge in [-0.1, -0.05) is 29.8 Å². The van der Waals surface area contributed by atoms with Crippen LogP contribution < -0.4 is 15.5 Å². The van der Waals surface area contributed by atoms with E-state index in [1.54, 1.807) is 0 Å². The Morgan fingerprint density at radius 1 is 1.27 bits per heavy atom. The van der Waals surface area contributed by atoms with E-state index in [4.69, 9.17) is 0 Å². The number of rotatable bonds is 5. The van der Waals surface area contributed by atoms with Crippen molar-refractivity contribution in [1.82, 2.24) is 15.5 Å². The first-order chi connectivity index (χ1) is 10.7. The van der Waals surface area contributed by atoms with Crippen LogP contribution in [0.15, 0.2) is 36.5 Å². The third kappa shape index (κ3) is 3.54. The number of nitrogens with zero attached hydrogens (tertiary/aromatic N) is 3. The van der Waals surface area contributed by atoms with Gasteiger partial charge in [-0.15, -0.1) is 5.10 Å². The first kappa shape index (κ1) is 14.8. The molecule has 1 aliphatic rings. The second-order valence-corrected chi connectivity index (χ2v) is 5.86. The standard InChI is InChI=1S/C17H23N5/c1-13-3-5-14(6-4-13)10-19-17-9-16(11-20-21-17)22-8-7-15(12-22)18-2/h3-6,9,11,15,18H,7-8,10,12H2,1-2H3,(H,19,21)/t15-/m1/s1. The third-order valence-corrected chi connectivity index (χ3v) is 4.20. The minimum Gasteiger partial charge on any atom is -0.369 e. The smallest absolute Gasteiger partial charge is 0.150 e. The SMILES string of the molecule is CN[C@@H]1CCN(c2cnnc(NCc3ccc(C)cc3)c2)C1. The summed E-state index contributed by atoms with van der Waals surface area (Å²) in [7, 11) is 2.02. The zero-order chi connectivity index (χ0) is 15.4. The van der Waals surface area contributed by atoms with Gasteiger partial charge in [0.1, 0.15) is 0 Å². The van der Waals surface area contributed by atoms with Crippen LogP contribution in [-0.2, 0) is 6.54 Å². The molecule has 1 atom stereocenters. The summed E-state index contributed by atoms with van der Waals surface area (Å²) in [5.41, 5.74) is 3.66. The van der Waals surface area contributed by atoms with Crippen LogP contribution in [-0.4, -0.2) is 36.4 Å². The highest BCUT2D eigenvalue weighted by atomic mass is 15.2. The molecule has 116 valence electrons. The van der Waals surface area contributed by atoms with Crippen LogP contribution in [0.1, 0.15) is 17.5 Å². The Labute approximate surface area is 131 Å². The molecule has 0 unspecified atom stereocenters. The number of aromatic nitrogens is 2. The van der Waals surface area contributed by atoms with Crippen molar-refractivity contribution < 1.29 is 0 Å². The predicted octanol–water partition coefficient (Wildman–Crippen LogP) is 2.20. The van der Waals surface area contributed by atoms with Gasteiger partial charge in [0.05, 0.1) is 11.9 Å². The van der Waals surface area contributed by atoms with Crippen molar-refractivity contribution >= 4 is 11.5 Å². The van der Waals surface area contributed by atoms with E-state index in [1.165, 1.54) is 17.5 Å². The van der Waals surface area contributed by atoms with Gasteiger partial charge in [-0.2, -0.15) is 5.10 Å². The topological polar surface area (TPSA) is 53.1 Å². The van der Waals surface area contributed by atoms with Gasteiger partial charge >= 0.3 is 0 Å². The average molecular weight is 297 g/mol. The molecule has 3 rings (SSSR count). The summed E-state index contributed by atoms with van der Waals surface area (Å²) < 4.78 is 0. The van der Waals surface area contributed by atoms with Gasteiger partial charge in [-0.05, 0) is 26.0 Å². The Kier molecular flexibility index (Phi) is 4.53. The third-order valence-electron chi connectivity index (χ3n) is 4.20. The molecule has 5 nitrogen and oxygen atoms in total. The number of anilines is 2. The molecule has 22 heavy (non-hydrogen) atoms. The van der Waals surface area contributed by atoms with Crippen molar-refractivity contribution in [3.05, 3.63) is 47.7 Å². The fourth-order valence-corrected chi connectivity index (χ4v) is 2.74. The van der Waals surface area contributed by atoms with Crippen LogP contribution in [0.4, 0.5) is 11.5 Å². The van der Waals surface area contributed by atoms with Crippen molar-refractivity contribution in [1.29, 1.82) is 0 Å². The van der Waals surface area contributed by atoms with Crippen molar-refractivity contribution in [2.75, 3.05) is 30.4 Å². The predicted molar refractivity (Wildman–Crippen MR) is 90.2 cm³/mol. The van der Waals surface area contributed by atoms with Gasteiger partial charge < -0.3 is 15.5 Å². The lowest BCUT2D eigenvalue weighted by Gasteiger charge is -2.18. The Morgan fingerprint density at radius 3 is 2.82 bits per heavy atom. The highest BCUT2D eigenvalue weighted by Crippen LogP contribution is 2.21. The van der Waals surface area contributed by atoms with E-state index in [9.17, 15) is 0 Å². The Balaban J connectivity index is 1.63. The monoisotopic (exact) mass is 297 g/mol. The molecule has 0 radical (unpaired) electrons. The largest absolute Gasteiger partial charge is 0.369 e. The van der Waals surface area contributed by atoms with Crippen molar-refractivity contribution in [2.24, 2.45) is 0 Å². The fourth-order valence-electron chi connectivity index (χ4n) is 2.74.